The summed E-state index contributed by atoms with van der Waals surface area (Å²) in [4.78, 5) is 44.3. The molecular weight excluding hydrogens is 448 g/mol. The molecule has 2 aromatic heterocycles. The molecule has 4 aromatic rings. The Bertz CT molecular complexity index is 1330. The number of halogens is 1. The van der Waals surface area contributed by atoms with Gasteiger partial charge in [0.1, 0.15) is 0 Å². The van der Waals surface area contributed by atoms with Crippen molar-refractivity contribution < 1.29 is 9.59 Å². The minimum atomic E-state index is -0.708. The van der Waals surface area contributed by atoms with Gasteiger partial charge in [-0.3, -0.25) is 19.4 Å². The highest BCUT2D eigenvalue weighted by atomic mass is 35.5. The van der Waals surface area contributed by atoms with Gasteiger partial charge in [0.15, 0.2) is 0 Å². The van der Waals surface area contributed by atoms with Gasteiger partial charge in [0.05, 0.1) is 10.6 Å². The third-order valence-corrected chi connectivity index (χ3v) is 5.75. The summed E-state index contributed by atoms with van der Waals surface area (Å²) >= 11 is 7.12. The van der Waals surface area contributed by atoms with Crippen LogP contribution in [0.2, 0.25) is 5.02 Å². The van der Waals surface area contributed by atoms with Crippen molar-refractivity contribution in [1.82, 2.24) is 9.97 Å². The summed E-state index contributed by atoms with van der Waals surface area (Å²) in [6, 6.07) is 17.1. The Kier molecular flexibility index (Phi) is 6.16. The Morgan fingerprint density at radius 3 is 2.34 bits per heavy atom. The van der Waals surface area contributed by atoms with Gasteiger partial charge in [0.2, 0.25) is 5.95 Å². The van der Waals surface area contributed by atoms with Gasteiger partial charge in [-0.2, -0.15) is 0 Å². The normalized spacial score (nSPS) is 10.6. The monoisotopic (exact) mass is 464 g/mol. The van der Waals surface area contributed by atoms with E-state index in [1.165, 1.54) is 11.3 Å². The van der Waals surface area contributed by atoms with Gasteiger partial charge in [-0.15, -0.1) is 11.3 Å². The molecule has 2 aromatic carbocycles. The number of hydrogen-bond donors (Lipinski definition) is 3. The van der Waals surface area contributed by atoms with Gasteiger partial charge in [0, 0.05) is 27.5 Å². The van der Waals surface area contributed by atoms with Crippen LogP contribution in [0, 0.1) is 6.92 Å². The first-order valence-corrected chi connectivity index (χ1v) is 10.8. The van der Waals surface area contributed by atoms with Crippen LogP contribution in [0.25, 0.3) is 11.3 Å². The molecule has 7 nitrogen and oxygen atoms in total. The maximum absolute atomic E-state index is 12.4. The number of H-pyrrole nitrogens is 1. The van der Waals surface area contributed by atoms with E-state index in [9.17, 15) is 14.4 Å². The molecule has 160 valence electrons. The van der Waals surface area contributed by atoms with Crippen molar-refractivity contribution in [1.29, 1.82) is 0 Å². The molecule has 0 spiro atoms. The summed E-state index contributed by atoms with van der Waals surface area (Å²) in [5.74, 6) is -1.01. The zero-order valence-electron chi connectivity index (χ0n) is 16.8. The van der Waals surface area contributed by atoms with Gasteiger partial charge >= 0.3 is 0 Å². The molecule has 0 bridgehead atoms. The Labute approximate surface area is 192 Å². The second-order valence-electron chi connectivity index (χ2n) is 6.86. The Balaban J connectivity index is 1.54. The number of carbonyl (C=O) groups is 2. The lowest BCUT2D eigenvalue weighted by atomic mass is 10.1. The van der Waals surface area contributed by atoms with Crippen molar-refractivity contribution >= 4 is 52.0 Å². The summed E-state index contributed by atoms with van der Waals surface area (Å²) in [7, 11) is 0. The molecule has 0 saturated heterocycles. The van der Waals surface area contributed by atoms with Crippen LogP contribution < -0.4 is 16.2 Å². The Morgan fingerprint density at radius 1 is 1.00 bits per heavy atom. The number of amides is 1. The van der Waals surface area contributed by atoms with Crippen molar-refractivity contribution in [2.75, 3.05) is 10.6 Å². The highest BCUT2D eigenvalue weighted by molar-refractivity contribution is 7.13. The number of aromatic nitrogens is 2. The smallest absolute Gasteiger partial charge is 0.297 e. The van der Waals surface area contributed by atoms with E-state index in [0.717, 1.165) is 5.69 Å². The van der Waals surface area contributed by atoms with Crippen LogP contribution >= 0.6 is 22.9 Å². The van der Waals surface area contributed by atoms with Crippen LogP contribution in [0.1, 0.15) is 15.2 Å². The Morgan fingerprint density at radius 2 is 1.69 bits per heavy atom. The van der Waals surface area contributed by atoms with Crippen LogP contribution in [0.15, 0.2) is 70.8 Å². The van der Waals surface area contributed by atoms with Gasteiger partial charge < -0.3 is 10.6 Å². The van der Waals surface area contributed by atoms with E-state index in [1.54, 1.807) is 73.0 Å². The number of nitrogens with one attached hydrogen (secondary N) is 3. The molecular formula is C23H17ClN4O3S. The summed E-state index contributed by atoms with van der Waals surface area (Å²) < 4.78 is 0. The van der Waals surface area contributed by atoms with Crippen LogP contribution in [0.4, 0.5) is 17.3 Å². The molecule has 0 fully saturated rings. The molecule has 0 saturated carbocycles. The molecule has 4 rings (SSSR count). The molecule has 3 N–H and O–H groups in total. The standard InChI is InChI=1S/C23H17ClN4O3S/c1-13-19(27-23(28-21(13)30)26-17-10-6-15(24)7-11-17)14-4-8-16(9-5-14)25-22(31)20(29)18-3-2-12-32-18/h2-12H,1H3,(H,25,31)(H2,26,27,28,30). The van der Waals surface area contributed by atoms with Crippen molar-refractivity contribution in [3.8, 4) is 11.3 Å². The van der Waals surface area contributed by atoms with Gasteiger partial charge in [-0.25, -0.2) is 4.98 Å². The summed E-state index contributed by atoms with van der Waals surface area (Å²) in [6.45, 7) is 1.68. The number of rotatable bonds is 6. The number of anilines is 3. The predicted molar refractivity (Wildman–Crippen MR) is 127 cm³/mol. The van der Waals surface area contributed by atoms with Gasteiger partial charge in [-0.1, -0.05) is 29.8 Å². The zero-order chi connectivity index (χ0) is 22.7. The lowest BCUT2D eigenvalue weighted by molar-refractivity contribution is -0.112. The highest BCUT2D eigenvalue weighted by Crippen LogP contribution is 2.24. The highest BCUT2D eigenvalue weighted by Gasteiger charge is 2.17. The number of hydrogen-bond acceptors (Lipinski definition) is 6. The molecule has 2 heterocycles. The lowest BCUT2D eigenvalue weighted by Crippen LogP contribution is -2.21. The topological polar surface area (TPSA) is 104 Å². The van der Waals surface area contributed by atoms with E-state index >= 15 is 0 Å². The Hall–Kier alpha value is -3.75. The molecule has 0 radical (unpaired) electrons. The van der Waals surface area contributed by atoms with E-state index in [1.807, 2.05) is 0 Å². The quantitative estimate of drug-likeness (QED) is 0.274. The average Bonchev–Trinajstić information content (AvgIpc) is 3.33. The molecule has 0 aliphatic rings. The first-order chi connectivity index (χ1) is 15.4. The van der Waals surface area contributed by atoms with Crippen LogP contribution in [0.3, 0.4) is 0 Å². The maximum Gasteiger partial charge on any atom is 0.297 e. The maximum atomic E-state index is 12.4. The van der Waals surface area contributed by atoms with Crippen LogP contribution in [0.5, 0.6) is 0 Å². The van der Waals surface area contributed by atoms with E-state index in [4.69, 9.17) is 11.6 Å². The summed E-state index contributed by atoms with van der Waals surface area (Å²) in [5.41, 5.74) is 2.56. The van der Waals surface area contributed by atoms with E-state index in [2.05, 4.69) is 20.6 Å². The van der Waals surface area contributed by atoms with Crippen LogP contribution in [-0.4, -0.2) is 21.7 Å². The minimum Gasteiger partial charge on any atom is -0.326 e. The van der Waals surface area contributed by atoms with Crippen molar-refractivity contribution in [2.45, 2.75) is 6.92 Å². The number of ketones is 1. The SMILES string of the molecule is Cc1c(-c2ccc(NC(=O)C(=O)c3cccs3)cc2)nc(Nc2ccc(Cl)cc2)[nH]c1=O. The zero-order valence-corrected chi connectivity index (χ0v) is 18.4. The fourth-order valence-corrected chi connectivity index (χ4v) is 3.75. The largest absolute Gasteiger partial charge is 0.326 e. The van der Waals surface area contributed by atoms with E-state index < -0.39 is 11.7 Å². The average molecular weight is 465 g/mol. The number of thiophene rings is 1. The van der Waals surface area contributed by atoms with Crippen LogP contribution in [-0.2, 0) is 4.79 Å². The molecule has 9 heteroatoms. The van der Waals surface area contributed by atoms with Crippen molar-refractivity contribution in [2.24, 2.45) is 0 Å². The number of carbonyl (C=O) groups excluding carboxylic acids is 2. The molecule has 1 amide bonds. The predicted octanol–water partition coefficient (Wildman–Crippen LogP) is 5.03. The minimum absolute atomic E-state index is 0.273. The summed E-state index contributed by atoms with van der Waals surface area (Å²) in [6.07, 6.45) is 0. The molecule has 0 atom stereocenters. The third-order valence-electron chi connectivity index (χ3n) is 4.63. The second kappa shape index (κ2) is 9.17. The molecule has 32 heavy (non-hydrogen) atoms. The molecule has 0 aliphatic carbocycles. The first-order valence-electron chi connectivity index (χ1n) is 9.54. The van der Waals surface area contributed by atoms with E-state index in [0.29, 0.717) is 32.4 Å². The van der Waals surface area contributed by atoms with Gasteiger partial charge in [-0.05, 0) is 54.8 Å². The number of Topliss-reactive ketones (excluding diaryl/α,β-unsaturated/α-hetero) is 1. The molecule has 0 aliphatic heterocycles. The first kappa shape index (κ1) is 21.5. The number of benzene rings is 2. The molecule has 0 unspecified atom stereocenters. The second-order valence-corrected chi connectivity index (χ2v) is 8.24. The van der Waals surface area contributed by atoms with Gasteiger partial charge in [0.25, 0.3) is 17.2 Å². The lowest BCUT2D eigenvalue weighted by Gasteiger charge is -2.11. The van der Waals surface area contributed by atoms with E-state index in [-0.39, 0.29) is 11.5 Å². The summed E-state index contributed by atoms with van der Waals surface area (Å²) in [5, 5.41) is 7.98. The number of nitrogens with zero attached hydrogens (tertiary/aromatic N) is 1. The van der Waals surface area contributed by atoms with Crippen molar-refractivity contribution in [3.63, 3.8) is 0 Å². The van der Waals surface area contributed by atoms with Crippen molar-refractivity contribution in [3.05, 3.63) is 91.9 Å². The number of aromatic amines is 1. The fourth-order valence-electron chi connectivity index (χ4n) is 2.96. The third kappa shape index (κ3) is 4.77. The fraction of sp³-hybridized carbons (Fsp3) is 0.0435.